The van der Waals surface area contributed by atoms with Gasteiger partial charge in [0.1, 0.15) is 41.3 Å². The molecule has 0 saturated carbocycles. The molecule has 3 heterocycles. The number of hydrogen-bond donors (Lipinski definition) is 2. The number of benzene rings is 3. The van der Waals surface area contributed by atoms with Gasteiger partial charge >= 0.3 is 0 Å². The van der Waals surface area contributed by atoms with Crippen LogP contribution in [0.15, 0.2) is 91.5 Å². The van der Waals surface area contributed by atoms with Crippen LogP contribution >= 0.6 is 0 Å². The number of anilines is 1. The van der Waals surface area contributed by atoms with Crippen molar-refractivity contribution in [1.29, 1.82) is 0 Å². The van der Waals surface area contributed by atoms with E-state index in [0.717, 1.165) is 28.2 Å². The fourth-order valence-electron chi connectivity index (χ4n) is 5.40. The molecule has 210 valence electrons. The minimum Gasteiger partial charge on any atom is -0.497 e. The summed E-state index contributed by atoms with van der Waals surface area (Å²) >= 11 is 0. The lowest BCUT2D eigenvalue weighted by Crippen LogP contribution is -2.38. The summed E-state index contributed by atoms with van der Waals surface area (Å²) in [5, 5.41) is 11.1. The largest absolute Gasteiger partial charge is 0.497 e. The number of fused-ring (bicyclic) bond motifs is 1. The molecule has 3 aromatic carbocycles. The molecule has 6 rings (SSSR count). The molecule has 2 aromatic heterocycles. The maximum atomic E-state index is 11.1. The van der Waals surface area contributed by atoms with Crippen molar-refractivity contribution < 1.29 is 24.1 Å². The lowest BCUT2D eigenvalue weighted by molar-refractivity contribution is -0.0931. The fraction of sp³-hybridized carbons (Fsp3) is 0.258. The second kappa shape index (κ2) is 11.2. The number of hydrogen-bond acceptors (Lipinski definition) is 9. The van der Waals surface area contributed by atoms with Gasteiger partial charge in [0.15, 0.2) is 11.5 Å². The highest BCUT2D eigenvalue weighted by Gasteiger charge is 2.42. The van der Waals surface area contributed by atoms with Gasteiger partial charge in [0.2, 0.25) is 0 Å². The summed E-state index contributed by atoms with van der Waals surface area (Å²) in [6.07, 6.45) is 1.45. The fourth-order valence-corrected chi connectivity index (χ4v) is 5.40. The van der Waals surface area contributed by atoms with Crippen molar-refractivity contribution in [3.63, 3.8) is 0 Å². The zero-order valence-corrected chi connectivity index (χ0v) is 22.8. The number of ether oxygens (including phenoxy) is 4. The maximum Gasteiger partial charge on any atom is 0.167 e. The highest BCUT2D eigenvalue weighted by Crippen LogP contribution is 2.43. The molecule has 0 radical (unpaired) electrons. The van der Waals surface area contributed by atoms with Crippen LogP contribution in [0.5, 0.6) is 11.5 Å². The molecule has 0 aliphatic carbocycles. The second-order valence-corrected chi connectivity index (χ2v) is 9.83. The van der Waals surface area contributed by atoms with E-state index in [2.05, 4.69) is 15.0 Å². The van der Waals surface area contributed by atoms with Crippen molar-refractivity contribution in [2.45, 2.75) is 30.5 Å². The van der Waals surface area contributed by atoms with Gasteiger partial charge < -0.3 is 29.8 Å². The first-order valence-corrected chi connectivity index (χ1v) is 13.3. The number of nitrogens with zero attached hydrogens (tertiary/aromatic N) is 4. The molecule has 1 fully saturated rings. The number of aliphatic hydroxyl groups excluding tert-OH is 1. The molecule has 0 bridgehead atoms. The number of aliphatic hydroxyl groups is 1. The minimum absolute atomic E-state index is 0.106. The first-order valence-electron chi connectivity index (χ1n) is 13.3. The Kier molecular flexibility index (Phi) is 7.27. The second-order valence-electron chi connectivity index (χ2n) is 9.83. The van der Waals surface area contributed by atoms with E-state index in [1.807, 2.05) is 78.9 Å². The Hall–Kier alpha value is -4.51. The zero-order valence-electron chi connectivity index (χ0n) is 22.8. The van der Waals surface area contributed by atoms with E-state index < -0.39 is 24.0 Å². The third-order valence-corrected chi connectivity index (χ3v) is 7.54. The van der Waals surface area contributed by atoms with Crippen molar-refractivity contribution in [3.05, 3.63) is 108 Å². The van der Waals surface area contributed by atoms with Crippen LogP contribution in [0.3, 0.4) is 0 Å². The molecular formula is C31H31N5O5. The lowest BCUT2D eigenvalue weighted by Gasteiger charge is -2.37. The van der Waals surface area contributed by atoms with E-state index >= 15 is 0 Å². The number of methoxy groups -OCH3 is 2. The smallest absolute Gasteiger partial charge is 0.167 e. The highest BCUT2D eigenvalue weighted by atomic mass is 16.6. The number of rotatable bonds is 9. The average molecular weight is 554 g/mol. The lowest BCUT2D eigenvalue weighted by atomic mass is 9.80. The molecule has 5 aromatic rings. The van der Waals surface area contributed by atoms with Crippen molar-refractivity contribution >= 4 is 17.0 Å². The van der Waals surface area contributed by atoms with Crippen molar-refractivity contribution in [2.75, 3.05) is 26.6 Å². The first kappa shape index (κ1) is 26.7. The van der Waals surface area contributed by atoms with Crippen molar-refractivity contribution in [3.8, 4) is 11.5 Å². The number of nitrogen functional groups attached to an aromatic ring is 1. The first-order chi connectivity index (χ1) is 20.0. The Morgan fingerprint density at radius 3 is 2.10 bits per heavy atom. The summed E-state index contributed by atoms with van der Waals surface area (Å²) in [7, 11) is 3.27. The van der Waals surface area contributed by atoms with Gasteiger partial charge in [-0.1, -0.05) is 54.6 Å². The molecule has 0 unspecified atom stereocenters. The van der Waals surface area contributed by atoms with Crippen LogP contribution in [0.1, 0.15) is 29.3 Å². The Morgan fingerprint density at radius 2 is 1.49 bits per heavy atom. The summed E-state index contributed by atoms with van der Waals surface area (Å²) in [6, 6.07) is 25.6. The molecule has 41 heavy (non-hydrogen) atoms. The molecule has 1 saturated heterocycles. The third-order valence-electron chi connectivity index (χ3n) is 7.54. The molecule has 10 nitrogen and oxygen atoms in total. The average Bonchev–Trinajstić information content (AvgIpc) is 3.62. The zero-order chi connectivity index (χ0) is 28.4. The van der Waals surface area contributed by atoms with Crippen LogP contribution in [-0.4, -0.2) is 57.7 Å². The van der Waals surface area contributed by atoms with E-state index in [4.69, 9.17) is 24.7 Å². The normalized spacial score (nSPS) is 19.0. The van der Waals surface area contributed by atoms with Gasteiger partial charge in [-0.05, 0) is 41.0 Å². The van der Waals surface area contributed by atoms with E-state index in [1.165, 1.54) is 6.33 Å². The molecular weight excluding hydrogens is 522 g/mol. The predicted molar refractivity (Wildman–Crippen MR) is 153 cm³/mol. The van der Waals surface area contributed by atoms with Gasteiger partial charge in [-0.15, -0.1) is 0 Å². The third kappa shape index (κ3) is 4.86. The Labute approximate surface area is 237 Å². The summed E-state index contributed by atoms with van der Waals surface area (Å²) in [6.45, 7) is 0.106. The van der Waals surface area contributed by atoms with Gasteiger partial charge in [-0.3, -0.25) is 4.57 Å². The minimum atomic E-state index is -1.02. The standard InChI is InChI=1S/C31H31N5O5/c1-38-23-12-8-21(9-13-23)31(20-6-4-3-5-7-20,22-10-14-24(39-2)15-11-22)40-17-26-25(37)16-27(41-26)36-19-35-28-29(32)33-18-34-30(28)36/h3-15,18-19,25-27,37H,16-17H2,1-2H3,(H2,32,33,34)/t25-,26-,27+/m0/s1. The Balaban J connectivity index is 1.37. The van der Waals surface area contributed by atoms with Crippen LogP contribution in [-0.2, 0) is 15.1 Å². The topological polar surface area (TPSA) is 127 Å². The van der Waals surface area contributed by atoms with Gasteiger partial charge in [0.05, 0.1) is 33.3 Å². The van der Waals surface area contributed by atoms with Gasteiger partial charge in [0, 0.05) is 6.42 Å². The SMILES string of the molecule is COc1ccc(C(OC[C@@H]2O[C@@H](n3cnc4c(N)ncnc43)C[C@@H]2O)(c2ccccc2)c2ccc(OC)cc2)cc1. The summed E-state index contributed by atoms with van der Waals surface area (Å²) in [4.78, 5) is 12.7. The predicted octanol–water partition coefficient (Wildman–Crippen LogP) is 4.08. The maximum absolute atomic E-state index is 11.1. The van der Waals surface area contributed by atoms with Crippen LogP contribution in [0.4, 0.5) is 5.82 Å². The van der Waals surface area contributed by atoms with Crippen LogP contribution < -0.4 is 15.2 Å². The van der Waals surface area contributed by atoms with Crippen molar-refractivity contribution in [1.82, 2.24) is 19.5 Å². The molecule has 0 spiro atoms. The van der Waals surface area contributed by atoms with E-state index in [9.17, 15) is 5.11 Å². The number of nitrogens with two attached hydrogens (primary N) is 1. The van der Waals surface area contributed by atoms with E-state index in [0.29, 0.717) is 23.4 Å². The van der Waals surface area contributed by atoms with Gasteiger partial charge in [-0.25, -0.2) is 15.0 Å². The molecule has 1 aliphatic rings. The number of imidazole rings is 1. The van der Waals surface area contributed by atoms with E-state index in [1.54, 1.807) is 25.1 Å². The van der Waals surface area contributed by atoms with E-state index in [-0.39, 0.29) is 6.61 Å². The monoisotopic (exact) mass is 553 g/mol. The molecule has 3 atom stereocenters. The van der Waals surface area contributed by atoms with Crippen LogP contribution in [0.25, 0.3) is 11.2 Å². The van der Waals surface area contributed by atoms with Crippen LogP contribution in [0.2, 0.25) is 0 Å². The summed E-state index contributed by atoms with van der Waals surface area (Å²) in [5.74, 6) is 1.76. The molecule has 3 N–H and O–H groups in total. The molecule has 1 aliphatic heterocycles. The number of aromatic nitrogens is 4. The summed E-state index contributed by atoms with van der Waals surface area (Å²) in [5.41, 5.74) is 8.70. The molecule has 0 amide bonds. The van der Waals surface area contributed by atoms with Gasteiger partial charge in [0.25, 0.3) is 0 Å². The van der Waals surface area contributed by atoms with Crippen molar-refractivity contribution in [2.24, 2.45) is 0 Å². The Morgan fingerprint density at radius 1 is 0.878 bits per heavy atom. The molecule has 10 heteroatoms. The van der Waals surface area contributed by atoms with Gasteiger partial charge in [-0.2, -0.15) is 0 Å². The summed E-state index contributed by atoms with van der Waals surface area (Å²) < 4.78 is 25.9. The highest BCUT2D eigenvalue weighted by molar-refractivity contribution is 5.81. The van der Waals surface area contributed by atoms with Crippen LogP contribution in [0, 0.1) is 0 Å². The quantitative estimate of drug-likeness (QED) is 0.260. The Bertz CT molecular complexity index is 1560.